The third-order valence-corrected chi connectivity index (χ3v) is 3.29. The molecule has 0 bridgehead atoms. The first-order valence-electron chi connectivity index (χ1n) is 5.24. The summed E-state index contributed by atoms with van der Waals surface area (Å²) in [6.07, 6.45) is 3.76. The van der Waals surface area contributed by atoms with Crippen molar-refractivity contribution in [1.29, 1.82) is 0 Å². The van der Waals surface area contributed by atoms with Crippen LogP contribution in [0, 0.1) is 6.92 Å². The average Bonchev–Trinajstić information content (AvgIpc) is 2.64. The highest BCUT2D eigenvalue weighted by Gasteiger charge is 2.14. The molecule has 0 aliphatic carbocycles. The number of nitrogens with one attached hydrogen (secondary N) is 1. The molecular formula is C12H16ClN. The Morgan fingerprint density at radius 2 is 2.36 bits per heavy atom. The highest BCUT2D eigenvalue weighted by molar-refractivity contribution is 6.31. The molecule has 1 aliphatic heterocycles. The second-order valence-corrected chi connectivity index (χ2v) is 4.49. The van der Waals surface area contributed by atoms with Crippen LogP contribution in [0.2, 0.25) is 5.02 Å². The second kappa shape index (κ2) is 4.33. The van der Waals surface area contributed by atoms with Crippen LogP contribution in [0.1, 0.15) is 24.0 Å². The Hall–Kier alpha value is -0.530. The number of benzene rings is 1. The highest BCUT2D eigenvalue weighted by Crippen LogP contribution is 2.18. The van der Waals surface area contributed by atoms with Gasteiger partial charge in [0.2, 0.25) is 0 Å². The van der Waals surface area contributed by atoms with Crippen LogP contribution in [0.5, 0.6) is 0 Å². The normalized spacial score (nSPS) is 21.4. The van der Waals surface area contributed by atoms with Crippen molar-refractivity contribution in [3.05, 3.63) is 34.3 Å². The summed E-state index contributed by atoms with van der Waals surface area (Å²) in [5, 5.41) is 4.37. The van der Waals surface area contributed by atoms with E-state index in [-0.39, 0.29) is 0 Å². The molecule has 0 aromatic heterocycles. The predicted molar refractivity (Wildman–Crippen MR) is 60.9 cm³/mol. The number of rotatable bonds is 2. The monoisotopic (exact) mass is 209 g/mol. The highest BCUT2D eigenvalue weighted by atomic mass is 35.5. The van der Waals surface area contributed by atoms with Gasteiger partial charge in [0.1, 0.15) is 0 Å². The van der Waals surface area contributed by atoms with Gasteiger partial charge in [-0.3, -0.25) is 0 Å². The molecule has 1 fully saturated rings. The fourth-order valence-electron chi connectivity index (χ4n) is 2.05. The molecule has 0 spiro atoms. The van der Waals surface area contributed by atoms with Crippen LogP contribution in [0.25, 0.3) is 0 Å². The van der Waals surface area contributed by atoms with E-state index in [1.54, 1.807) is 0 Å². The number of halogens is 1. The van der Waals surface area contributed by atoms with E-state index in [9.17, 15) is 0 Å². The Morgan fingerprint density at radius 1 is 1.50 bits per heavy atom. The SMILES string of the molecule is Cc1cc(CC2CCCN2)ccc1Cl. The van der Waals surface area contributed by atoms with Crippen LogP contribution in [0.3, 0.4) is 0 Å². The van der Waals surface area contributed by atoms with Crippen LogP contribution in [0.4, 0.5) is 0 Å². The van der Waals surface area contributed by atoms with Crippen molar-refractivity contribution in [3.63, 3.8) is 0 Å². The summed E-state index contributed by atoms with van der Waals surface area (Å²) >= 11 is 5.98. The molecule has 76 valence electrons. The van der Waals surface area contributed by atoms with Gasteiger partial charge < -0.3 is 5.32 Å². The van der Waals surface area contributed by atoms with E-state index in [0.717, 1.165) is 11.4 Å². The van der Waals surface area contributed by atoms with Gasteiger partial charge in [-0.25, -0.2) is 0 Å². The lowest BCUT2D eigenvalue weighted by Crippen LogP contribution is -2.23. The Balaban J connectivity index is 2.05. The first-order valence-corrected chi connectivity index (χ1v) is 5.62. The molecule has 0 radical (unpaired) electrons. The lowest BCUT2D eigenvalue weighted by Gasteiger charge is -2.10. The molecule has 14 heavy (non-hydrogen) atoms. The molecule has 1 aromatic carbocycles. The van der Waals surface area contributed by atoms with Gasteiger partial charge in [0.15, 0.2) is 0 Å². The van der Waals surface area contributed by atoms with Crippen LogP contribution < -0.4 is 5.32 Å². The maximum atomic E-state index is 5.98. The zero-order valence-corrected chi connectivity index (χ0v) is 9.27. The lowest BCUT2D eigenvalue weighted by atomic mass is 10.0. The Morgan fingerprint density at radius 3 is 3.00 bits per heavy atom. The summed E-state index contributed by atoms with van der Waals surface area (Å²) in [7, 11) is 0. The summed E-state index contributed by atoms with van der Waals surface area (Å²) in [4.78, 5) is 0. The summed E-state index contributed by atoms with van der Waals surface area (Å²) in [5.74, 6) is 0. The molecule has 0 amide bonds. The van der Waals surface area contributed by atoms with Gasteiger partial charge in [-0.2, -0.15) is 0 Å². The minimum Gasteiger partial charge on any atom is -0.314 e. The van der Waals surface area contributed by atoms with Crippen molar-refractivity contribution in [2.75, 3.05) is 6.54 Å². The van der Waals surface area contributed by atoms with E-state index in [1.165, 1.54) is 30.5 Å². The van der Waals surface area contributed by atoms with Crippen LogP contribution in [0.15, 0.2) is 18.2 Å². The van der Waals surface area contributed by atoms with E-state index in [4.69, 9.17) is 11.6 Å². The predicted octanol–water partition coefficient (Wildman–Crippen LogP) is 2.94. The van der Waals surface area contributed by atoms with Crippen LogP contribution in [-0.2, 0) is 6.42 Å². The van der Waals surface area contributed by atoms with Crippen molar-refractivity contribution in [2.45, 2.75) is 32.2 Å². The van der Waals surface area contributed by atoms with E-state index >= 15 is 0 Å². The standard InChI is InChI=1S/C12H16ClN/c1-9-7-10(4-5-12(9)13)8-11-3-2-6-14-11/h4-5,7,11,14H,2-3,6,8H2,1H3. The molecule has 1 aliphatic rings. The quantitative estimate of drug-likeness (QED) is 0.790. The molecule has 1 heterocycles. The largest absolute Gasteiger partial charge is 0.314 e. The molecule has 1 aromatic rings. The number of aryl methyl sites for hydroxylation is 1. The third kappa shape index (κ3) is 2.28. The van der Waals surface area contributed by atoms with Crippen molar-refractivity contribution in [3.8, 4) is 0 Å². The van der Waals surface area contributed by atoms with Crippen molar-refractivity contribution in [1.82, 2.24) is 5.32 Å². The average molecular weight is 210 g/mol. The molecule has 2 rings (SSSR count). The zero-order valence-electron chi connectivity index (χ0n) is 8.52. The van der Waals surface area contributed by atoms with Crippen molar-refractivity contribution < 1.29 is 0 Å². The molecule has 1 nitrogen and oxygen atoms in total. The van der Waals surface area contributed by atoms with Gasteiger partial charge in [-0.15, -0.1) is 0 Å². The molecule has 1 N–H and O–H groups in total. The van der Waals surface area contributed by atoms with Crippen LogP contribution in [-0.4, -0.2) is 12.6 Å². The van der Waals surface area contributed by atoms with Crippen molar-refractivity contribution >= 4 is 11.6 Å². The second-order valence-electron chi connectivity index (χ2n) is 4.08. The smallest absolute Gasteiger partial charge is 0.0435 e. The summed E-state index contributed by atoms with van der Waals surface area (Å²) in [5.41, 5.74) is 2.58. The summed E-state index contributed by atoms with van der Waals surface area (Å²) in [6, 6.07) is 7.01. The molecule has 1 unspecified atom stereocenters. The van der Waals surface area contributed by atoms with Gasteiger partial charge in [-0.05, 0) is 49.9 Å². The molecule has 0 saturated carbocycles. The first kappa shape index (κ1) is 10.0. The first-order chi connectivity index (χ1) is 6.75. The summed E-state index contributed by atoms with van der Waals surface area (Å²) < 4.78 is 0. The Kier molecular flexibility index (Phi) is 3.09. The van der Waals surface area contributed by atoms with Crippen molar-refractivity contribution in [2.24, 2.45) is 0 Å². The maximum Gasteiger partial charge on any atom is 0.0435 e. The van der Waals surface area contributed by atoms with Gasteiger partial charge in [0.25, 0.3) is 0 Å². The molecule has 1 saturated heterocycles. The minimum absolute atomic E-state index is 0.676. The number of hydrogen-bond donors (Lipinski definition) is 1. The fourth-order valence-corrected chi connectivity index (χ4v) is 2.17. The van der Waals surface area contributed by atoms with Crippen LogP contribution >= 0.6 is 11.6 Å². The maximum absolute atomic E-state index is 5.98. The molecule has 2 heteroatoms. The Labute approximate surface area is 90.5 Å². The minimum atomic E-state index is 0.676. The topological polar surface area (TPSA) is 12.0 Å². The lowest BCUT2D eigenvalue weighted by molar-refractivity contribution is 0.603. The van der Waals surface area contributed by atoms with Gasteiger partial charge in [0, 0.05) is 11.1 Å². The molecular weight excluding hydrogens is 194 g/mol. The van der Waals surface area contributed by atoms with E-state index < -0.39 is 0 Å². The fraction of sp³-hybridized carbons (Fsp3) is 0.500. The number of hydrogen-bond acceptors (Lipinski definition) is 1. The van der Waals surface area contributed by atoms with E-state index in [2.05, 4.69) is 24.4 Å². The zero-order chi connectivity index (χ0) is 9.97. The summed E-state index contributed by atoms with van der Waals surface area (Å²) in [6.45, 7) is 3.24. The third-order valence-electron chi connectivity index (χ3n) is 2.87. The molecule has 1 atom stereocenters. The Bertz CT molecular complexity index is 316. The van der Waals surface area contributed by atoms with E-state index in [1.807, 2.05) is 6.07 Å². The van der Waals surface area contributed by atoms with Gasteiger partial charge >= 0.3 is 0 Å². The van der Waals surface area contributed by atoms with E-state index in [0.29, 0.717) is 6.04 Å². The van der Waals surface area contributed by atoms with Gasteiger partial charge in [0.05, 0.1) is 0 Å². The van der Waals surface area contributed by atoms with Gasteiger partial charge in [-0.1, -0.05) is 23.7 Å².